The van der Waals surface area contributed by atoms with Crippen LogP contribution in [0.2, 0.25) is 0 Å². The molecule has 1 atom stereocenters. The lowest BCUT2D eigenvalue weighted by Gasteiger charge is -2.28. The van der Waals surface area contributed by atoms with Crippen molar-refractivity contribution < 1.29 is 0 Å². The van der Waals surface area contributed by atoms with Crippen LogP contribution >= 0.6 is 27.3 Å². The van der Waals surface area contributed by atoms with Crippen molar-refractivity contribution in [1.29, 1.82) is 0 Å². The summed E-state index contributed by atoms with van der Waals surface area (Å²) < 4.78 is 0. The number of thiophene rings is 1. The summed E-state index contributed by atoms with van der Waals surface area (Å²) in [5, 5.41) is 3.07. The van der Waals surface area contributed by atoms with E-state index in [2.05, 4.69) is 77.4 Å². The molecule has 0 aliphatic rings. The molecule has 0 radical (unpaired) electrons. The van der Waals surface area contributed by atoms with Crippen LogP contribution < -0.4 is 4.90 Å². The monoisotopic (exact) mass is 337 g/mol. The molecule has 2 aromatic rings. The molecule has 1 heterocycles. The molecule has 1 nitrogen and oxygen atoms in total. The molecule has 0 N–H and O–H groups in total. The minimum absolute atomic E-state index is 0.507. The van der Waals surface area contributed by atoms with Gasteiger partial charge in [0.25, 0.3) is 0 Å². The topological polar surface area (TPSA) is 3.24 Å². The van der Waals surface area contributed by atoms with Crippen molar-refractivity contribution in [3.8, 4) is 0 Å². The molecule has 0 aliphatic heterocycles. The van der Waals surface area contributed by atoms with Crippen LogP contribution in [0.4, 0.5) is 5.69 Å². The van der Waals surface area contributed by atoms with Gasteiger partial charge >= 0.3 is 0 Å². The summed E-state index contributed by atoms with van der Waals surface area (Å²) in [5.41, 5.74) is 4.01. The molecule has 0 saturated carbocycles. The van der Waals surface area contributed by atoms with Crippen molar-refractivity contribution in [3.63, 3.8) is 0 Å². The van der Waals surface area contributed by atoms with Gasteiger partial charge < -0.3 is 4.90 Å². The average Bonchev–Trinajstić information content (AvgIpc) is 2.90. The number of aryl methyl sites for hydroxylation is 1. The third-order valence-electron chi connectivity index (χ3n) is 3.53. The number of rotatable bonds is 5. The average molecular weight is 338 g/mol. The summed E-state index contributed by atoms with van der Waals surface area (Å²) in [4.78, 5) is 3.83. The number of benzene rings is 1. The second-order valence-electron chi connectivity index (χ2n) is 5.00. The van der Waals surface area contributed by atoms with E-state index >= 15 is 0 Å². The Morgan fingerprint density at radius 3 is 2.68 bits per heavy atom. The Kier molecular flexibility index (Phi) is 5.06. The molecule has 0 spiro atoms. The Bertz CT molecular complexity index is 522. The Balaban J connectivity index is 2.12. The van der Waals surface area contributed by atoms with Crippen LogP contribution in [-0.2, 0) is 11.8 Å². The van der Waals surface area contributed by atoms with Crippen LogP contribution in [-0.4, -0.2) is 13.1 Å². The first-order valence-electron chi connectivity index (χ1n) is 6.52. The number of hydrogen-bond acceptors (Lipinski definition) is 2. The first kappa shape index (κ1) is 14.6. The molecule has 1 aromatic carbocycles. The molecule has 0 saturated heterocycles. The number of hydrogen-bond donors (Lipinski definition) is 0. The van der Waals surface area contributed by atoms with Gasteiger partial charge in [-0.25, -0.2) is 0 Å². The molecule has 19 heavy (non-hydrogen) atoms. The summed E-state index contributed by atoms with van der Waals surface area (Å²) >= 11 is 5.35. The third kappa shape index (κ3) is 3.61. The molecule has 3 heteroatoms. The van der Waals surface area contributed by atoms with Gasteiger partial charge in [0.05, 0.1) is 0 Å². The van der Waals surface area contributed by atoms with Gasteiger partial charge in [-0.1, -0.05) is 34.1 Å². The molecular formula is C16H20BrNS. The largest absolute Gasteiger partial charge is 0.371 e. The Morgan fingerprint density at radius 2 is 2.11 bits per heavy atom. The number of nitrogens with zero attached hydrogens (tertiary/aromatic N) is 1. The Labute approximate surface area is 128 Å². The normalized spacial score (nSPS) is 12.4. The fraction of sp³-hybridized carbons (Fsp3) is 0.375. The van der Waals surface area contributed by atoms with E-state index in [-0.39, 0.29) is 0 Å². The van der Waals surface area contributed by atoms with Crippen LogP contribution in [0.5, 0.6) is 0 Å². The zero-order chi connectivity index (χ0) is 13.8. The van der Waals surface area contributed by atoms with Gasteiger partial charge in [-0.15, -0.1) is 11.3 Å². The predicted octanol–water partition coefficient (Wildman–Crippen LogP) is 5.02. The second-order valence-corrected chi connectivity index (χ2v) is 6.59. The summed E-state index contributed by atoms with van der Waals surface area (Å²) in [6, 6.07) is 11.5. The van der Waals surface area contributed by atoms with Crippen molar-refractivity contribution in [2.24, 2.45) is 0 Å². The van der Waals surface area contributed by atoms with Crippen molar-refractivity contribution in [2.45, 2.75) is 31.6 Å². The highest BCUT2D eigenvalue weighted by atomic mass is 79.9. The fourth-order valence-corrected chi connectivity index (χ4v) is 3.47. The van der Waals surface area contributed by atoms with Gasteiger partial charge in [-0.05, 0) is 42.5 Å². The zero-order valence-electron chi connectivity index (χ0n) is 11.7. The molecule has 1 aromatic heterocycles. The molecule has 1 unspecified atom stereocenters. The minimum Gasteiger partial charge on any atom is -0.371 e. The van der Waals surface area contributed by atoms with Crippen LogP contribution in [0.25, 0.3) is 0 Å². The van der Waals surface area contributed by atoms with Crippen LogP contribution in [0.1, 0.15) is 22.9 Å². The van der Waals surface area contributed by atoms with Crippen LogP contribution in [0.15, 0.2) is 35.7 Å². The lowest BCUT2D eigenvalue weighted by atomic mass is 10.1. The highest BCUT2D eigenvalue weighted by Gasteiger charge is 2.13. The van der Waals surface area contributed by atoms with E-state index in [0.29, 0.717) is 6.04 Å². The standard InChI is InChI=1S/C16H20BrNS/c1-12-9-14(11-17)6-7-16(12)18(3)13(2)10-15-5-4-8-19-15/h4-9,13H,10-11H2,1-3H3. The minimum atomic E-state index is 0.507. The summed E-state index contributed by atoms with van der Waals surface area (Å²) in [5.74, 6) is 0. The van der Waals surface area contributed by atoms with Crippen molar-refractivity contribution in [1.82, 2.24) is 0 Å². The first-order valence-corrected chi connectivity index (χ1v) is 8.52. The predicted molar refractivity (Wildman–Crippen MR) is 89.7 cm³/mol. The van der Waals surface area contributed by atoms with Crippen LogP contribution in [0.3, 0.4) is 0 Å². The maximum absolute atomic E-state index is 3.51. The zero-order valence-corrected chi connectivity index (χ0v) is 14.1. The van der Waals surface area contributed by atoms with E-state index in [4.69, 9.17) is 0 Å². The highest BCUT2D eigenvalue weighted by Crippen LogP contribution is 2.24. The maximum Gasteiger partial charge on any atom is 0.0396 e. The number of halogens is 1. The van der Waals surface area contributed by atoms with E-state index in [1.165, 1.54) is 21.7 Å². The van der Waals surface area contributed by atoms with E-state index < -0.39 is 0 Å². The van der Waals surface area contributed by atoms with Gasteiger partial charge in [-0.2, -0.15) is 0 Å². The van der Waals surface area contributed by atoms with Crippen LogP contribution in [0, 0.1) is 6.92 Å². The molecule has 0 aliphatic carbocycles. The van der Waals surface area contributed by atoms with E-state index in [1.54, 1.807) is 0 Å². The molecule has 0 amide bonds. The SMILES string of the molecule is Cc1cc(CBr)ccc1N(C)C(C)Cc1cccs1. The number of alkyl halides is 1. The molecular weight excluding hydrogens is 318 g/mol. The van der Waals surface area contributed by atoms with E-state index in [0.717, 1.165) is 11.8 Å². The fourth-order valence-electron chi connectivity index (χ4n) is 2.29. The molecule has 2 rings (SSSR count). The number of anilines is 1. The van der Waals surface area contributed by atoms with Crippen molar-refractivity contribution >= 4 is 33.0 Å². The molecule has 0 fully saturated rings. The smallest absolute Gasteiger partial charge is 0.0396 e. The second kappa shape index (κ2) is 6.58. The number of likely N-dealkylation sites (N-methyl/N-ethyl adjacent to an activating group) is 1. The maximum atomic E-state index is 3.51. The van der Waals surface area contributed by atoms with Gasteiger partial charge in [-0.3, -0.25) is 0 Å². The first-order chi connectivity index (χ1) is 9.11. The summed E-state index contributed by atoms with van der Waals surface area (Å²) in [6.07, 6.45) is 1.10. The quantitative estimate of drug-likeness (QED) is 0.692. The van der Waals surface area contributed by atoms with E-state index in [1.807, 2.05) is 11.3 Å². The molecule has 102 valence electrons. The van der Waals surface area contributed by atoms with Crippen molar-refractivity contribution in [2.75, 3.05) is 11.9 Å². The van der Waals surface area contributed by atoms with Gasteiger partial charge in [0.2, 0.25) is 0 Å². The summed E-state index contributed by atoms with van der Waals surface area (Å²) in [6.45, 7) is 4.48. The Morgan fingerprint density at radius 1 is 1.32 bits per heavy atom. The third-order valence-corrected chi connectivity index (χ3v) is 5.08. The summed E-state index contributed by atoms with van der Waals surface area (Å²) in [7, 11) is 2.19. The lowest BCUT2D eigenvalue weighted by Crippen LogP contribution is -2.31. The van der Waals surface area contributed by atoms with Crippen molar-refractivity contribution in [3.05, 3.63) is 51.7 Å². The highest BCUT2D eigenvalue weighted by molar-refractivity contribution is 9.08. The van der Waals surface area contributed by atoms with Gasteiger partial charge in [0.15, 0.2) is 0 Å². The molecule has 0 bridgehead atoms. The van der Waals surface area contributed by atoms with Gasteiger partial charge in [0.1, 0.15) is 0 Å². The Hall–Kier alpha value is -0.800. The lowest BCUT2D eigenvalue weighted by molar-refractivity contribution is 0.686. The van der Waals surface area contributed by atoms with Gasteiger partial charge in [0, 0.05) is 35.4 Å². The van der Waals surface area contributed by atoms with E-state index in [9.17, 15) is 0 Å².